The van der Waals surface area contributed by atoms with Gasteiger partial charge in [0, 0.05) is 6.54 Å². The highest BCUT2D eigenvalue weighted by molar-refractivity contribution is 6.10. The molecular formula is C14H17NO2. The van der Waals surface area contributed by atoms with Crippen LogP contribution in [0.2, 0.25) is 0 Å². The number of esters is 1. The van der Waals surface area contributed by atoms with E-state index in [2.05, 4.69) is 18.0 Å². The molecule has 0 fully saturated rings. The number of aliphatic imine (C=N–C) groups is 1. The van der Waals surface area contributed by atoms with Crippen LogP contribution in [-0.2, 0) is 16.0 Å². The van der Waals surface area contributed by atoms with E-state index in [0.717, 1.165) is 24.2 Å². The normalized spacial score (nSPS) is 13.9. The predicted molar refractivity (Wildman–Crippen MR) is 67.5 cm³/mol. The fourth-order valence-electron chi connectivity index (χ4n) is 2.19. The minimum atomic E-state index is -0.194. The van der Waals surface area contributed by atoms with Crippen LogP contribution in [0.3, 0.4) is 0 Å². The standard InChI is InChI=1S/C14H17NO2/c1-3-17-14(16)9-13-12-6-4-5-10(2)11(12)7-8-15-13/h4-6H,3,7-9H2,1-2H3. The molecule has 0 radical (unpaired) electrons. The topological polar surface area (TPSA) is 38.7 Å². The Morgan fingerprint density at radius 2 is 2.29 bits per heavy atom. The van der Waals surface area contributed by atoms with Gasteiger partial charge in [0.05, 0.1) is 18.7 Å². The molecule has 90 valence electrons. The van der Waals surface area contributed by atoms with E-state index in [9.17, 15) is 4.79 Å². The van der Waals surface area contributed by atoms with Crippen molar-refractivity contribution in [2.45, 2.75) is 26.7 Å². The maximum absolute atomic E-state index is 11.5. The van der Waals surface area contributed by atoms with Crippen LogP contribution in [0, 0.1) is 6.92 Å². The molecule has 1 aromatic carbocycles. The van der Waals surface area contributed by atoms with Crippen molar-refractivity contribution in [3.63, 3.8) is 0 Å². The summed E-state index contributed by atoms with van der Waals surface area (Å²) in [5.41, 5.74) is 4.58. The van der Waals surface area contributed by atoms with Gasteiger partial charge in [-0.3, -0.25) is 9.79 Å². The van der Waals surface area contributed by atoms with Crippen molar-refractivity contribution < 1.29 is 9.53 Å². The van der Waals surface area contributed by atoms with Gasteiger partial charge in [0.1, 0.15) is 0 Å². The van der Waals surface area contributed by atoms with Crippen molar-refractivity contribution in [2.24, 2.45) is 4.99 Å². The number of carbonyl (C=O) groups excluding carboxylic acids is 1. The molecule has 1 aromatic rings. The van der Waals surface area contributed by atoms with Crippen molar-refractivity contribution in [2.75, 3.05) is 13.2 Å². The number of nitrogens with zero attached hydrogens (tertiary/aromatic N) is 1. The summed E-state index contributed by atoms with van der Waals surface area (Å²) in [6, 6.07) is 6.16. The molecule has 0 bridgehead atoms. The quantitative estimate of drug-likeness (QED) is 0.749. The van der Waals surface area contributed by atoms with Gasteiger partial charge in [-0.05, 0) is 37.0 Å². The number of carbonyl (C=O) groups is 1. The summed E-state index contributed by atoms with van der Waals surface area (Å²) in [5, 5.41) is 0. The number of benzene rings is 1. The van der Waals surface area contributed by atoms with Crippen LogP contribution >= 0.6 is 0 Å². The SMILES string of the molecule is CCOC(=O)CC1=NCCc2c(C)cccc21. The average Bonchev–Trinajstić information content (AvgIpc) is 2.31. The third-order valence-corrected chi connectivity index (χ3v) is 3.00. The van der Waals surface area contributed by atoms with Crippen LogP contribution < -0.4 is 0 Å². The Hall–Kier alpha value is -1.64. The number of fused-ring (bicyclic) bond motifs is 1. The molecule has 3 heteroatoms. The van der Waals surface area contributed by atoms with Crippen LogP contribution in [-0.4, -0.2) is 24.8 Å². The van der Waals surface area contributed by atoms with Gasteiger partial charge in [-0.2, -0.15) is 0 Å². The molecule has 3 nitrogen and oxygen atoms in total. The smallest absolute Gasteiger partial charge is 0.311 e. The Balaban J connectivity index is 2.24. The fourth-order valence-corrected chi connectivity index (χ4v) is 2.19. The molecule has 0 amide bonds. The summed E-state index contributed by atoms with van der Waals surface area (Å²) < 4.78 is 4.97. The van der Waals surface area contributed by atoms with Gasteiger partial charge in [0.15, 0.2) is 0 Å². The largest absolute Gasteiger partial charge is 0.466 e. The highest BCUT2D eigenvalue weighted by Gasteiger charge is 2.18. The minimum Gasteiger partial charge on any atom is -0.466 e. The minimum absolute atomic E-state index is 0.194. The molecule has 0 N–H and O–H groups in total. The lowest BCUT2D eigenvalue weighted by Crippen LogP contribution is -2.18. The molecule has 0 atom stereocenters. The molecule has 0 spiro atoms. The number of ether oxygens (including phenoxy) is 1. The summed E-state index contributed by atoms with van der Waals surface area (Å²) in [6.45, 7) is 5.12. The zero-order valence-electron chi connectivity index (χ0n) is 10.3. The van der Waals surface area contributed by atoms with E-state index in [-0.39, 0.29) is 12.4 Å². The fraction of sp³-hybridized carbons (Fsp3) is 0.429. The maximum Gasteiger partial charge on any atom is 0.311 e. The number of hydrogen-bond donors (Lipinski definition) is 0. The van der Waals surface area contributed by atoms with E-state index in [1.54, 1.807) is 0 Å². The Kier molecular flexibility index (Phi) is 3.57. The Bertz CT molecular complexity index is 463. The Morgan fingerprint density at radius 1 is 1.47 bits per heavy atom. The third-order valence-electron chi connectivity index (χ3n) is 3.00. The molecule has 0 saturated carbocycles. The van der Waals surface area contributed by atoms with Crippen molar-refractivity contribution in [1.82, 2.24) is 0 Å². The first-order chi connectivity index (χ1) is 8.22. The van der Waals surface area contributed by atoms with Gasteiger partial charge in [0.2, 0.25) is 0 Å². The highest BCUT2D eigenvalue weighted by Crippen LogP contribution is 2.21. The van der Waals surface area contributed by atoms with E-state index in [1.807, 2.05) is 19.1 Å². The molecule has 0 aliphatic carbocycles. The summed E-state index contributed by atoms with van der Waals surface area (Å²) in [4.78, 5) is 16.0. The predicted octanol–water partition coefficient (Wildman–Crippen LogP) is 2.29. The highest BCUT2D eigenvalue weighted by atomic mass is 16.5. The summed E-state index contributed by atoms with van der Waals surface area (Å²) in [7, 11) is 0. The first-order valence-corrected chi connectivity index (χ1v) is 6.00. The van der Waals surface area contributed by atoms with Gasteiger partial charge in [-0.1, -0.05) is 18.2 Å². The zero-order chi connectivity index (χ0) is 12.3. The van der Waals surface area contributed by atoms with Crippen LogP contribution in [0.4, 0.5) is 0 Å². The lowest BCUT2D eigenvalue weighted by Gasteiger charge is -2.18. The molecular weight excluding hydrogens is 214 g/mol. The van der Waals surface area contributed by atoms with Crippen LogP contribution in [0.25, 0.3) is 0 Å². The number of rotatable bonds is 3. The van der Waals surface area contributed by atoms with Gasteiger partial charge in [0.25, 0.3) is 0 Å². The molecule has 2 rings (SSSR count). The molecule has 17 heavy (non-hydrogen) atoms. The van der Waals surface area contributed by atoms with E-state index in [1.165, 1.54) is 11.1 Å². The maximum atomic E-state index is 11.5. The molecule has 1 heterocycles. The molecule has 0 saturated heterocycles. The summed E-state index contributed by atoms with van der Waals surface area (Å²) >= 11 is 0. The second-order valence-electron chi connectivity index (χ2n) is 4.16. The van der Waals surface area contributed by atoms with Crippen molar-refractivity contribution in [3.8, 4) is 0 Å². The van der Waals surface area contributed by atoms with Crippen LogP contribution in [0.5, 0.6) is 0 Å². The molecule has 0 unspecified atom stereocenters. The second kappa shape index (κ2) is 5.13. The first-order valence-electron chi connectivity index (χ1n) is 6.00. The lowest BCUT2D eigenvalue weighted by atomic mass is 9.92. The zero-order valence-corrected chi connectivity index (χ0v) is 10.3. The van der Waals surface area contributed by atoms with Gasteiger partial charge < -0.3 is 4.74 Å². The number of hydrogen-bond acceptors (Lipinski definition) is 3. The third kappa shape index (κ3) is 2.54. The molecule has 1 aliphatic heterocycles. The van der Waals surface area contributed by atoms with Gasteiger partial charge in [-0.25, -0.2) is 0 Å². The van der Waals surface area contributed by atoms with Crippen LogP contribution in [0.15, 0.2) is 23.2 Å². The van der Waals surface area contributed by atoms with Crippen molar-refractivity contribution in [3.05, 3.63) is 34.9 Å². The van der Waals surface area contributed by atoms with E-state index >= 15 is 0 Å². The van der Waals surface area contributed by atoms with E-state index in [0.29, 0.717) is 6.61 Å². The second-order valence-corrected chi connectivity index (χ2v) is 4.16. The van der Waals surface area contributed by atoms with Crippen molar-refractivity contribution >= 4 is 11.7 Å². The lowest BCUT2D eigenvalue weighted by molar-refractivity contribution is -0.141. The van der Waals surface area contributed by atoms with Gasteiger partial charge >= 0.3 is 5.97 Å². The molecule has 0 aromatic heterocycles. The summed E-state index contributed by atoms with van der Waals surface area (Å²) in [5.74, 6) is -0.194. The van der Waals surface area contributed by atoms with Gasteiger partial charge in [-0.15, -0.1) is 0 Å². The molecule has 1 aliphatic rings. The Morgan fingerprint density at radius 3 is 3.06 bits per heavy atom. The number of aryl methyl sites for hydroxylation is 1. The average molecular weight is 231 g/mol. The van der Waals surface area contributed by atoms with Crippen molar-refractivity contribution in [1.29, 1.82) is 0 Å². The Labute approximate surface area is 102 Å². The van der Waals surface area contributed by atoms with E-state index in [4.69, 9.17) is 4.74 Å². The monoisotopic (exact) mass is 231 g/mol. The summed E-state index contributed by atoms with van der Waals surface area (Å²) in [6.07, 6.45) is 1.25. The van der Waals surface area contributed by atoms with Crippen LogP contribution in [0.1, 0.15) is 30.0 Å². The first kappa shape index (κ1) is 11.8. The van der Waals surface area contributed by atoms with E-state index < -0.39 is 0 Å².